The number of halogens is 1. The Hall–Kier alpha value is -3.69. The zero-order valence-corrected chi connectivity index (χ0v) is 23.8. The number of rotatable bonds is 4. The molecule has 3 aromatic carbocycles. The first-order valence-electron chi connectivity index (χ1n) is 11.8. The second-order valence-electron chi connectivity index (χ2n) is 9.47. The number of carbonyl (C=O) groups excluding carboxylic acids is 2. The van der Waals surface area contributed by atoms with Gasteiger partial charge in [-0.2, -0.15) is 0 Å². The highest BCUT2D eigenvalue weighted by atomic mass is 79.9. The van der Waals surface area contributed by atoms with Crippen LogP contribution in [0.5, 0.6) is 11.5 Å². The largest absolute Gasteiger partial charge is 0.507 e. The van der Waals surface area contributed by atoms with Crippen LogP contribution in [0.3, 0.4) is 0 Å². The Morgan fingerprint density at radius 3 is 2.47 bits per heavy atom. The molecule has 1 aliphatic heterocycles. The van der Waals surface area contributed by atoms with Gasteiger partial charge in [0, 0.05) is 5.56 Å². The molecule has 0 aliphatic carbocycles. The van der Waals surface area contributed by atoms with Crippen molar-refractivity contribution in [3.63, 3.8) is 0 Å². The summed E-state index contributed by atoms with van der Waals surface area (Å²) in [6.07, 6.45) is 0. The number of ketones is 1. The van der Waals surface area contributed by atoms with Crippen molar-refractivity contribution in [1.82, 2.24) is 4.98 Å². The Morgan fingerprint density at radius 1 is 1.03 bits per heavy atom. The maximum absolute atomic E-state index is 13.6. The topological polar surface area (TPSA) is 100.0 Å². The van der Waals surface area contributed by atoms with Gasteiger partial charge in [0.1, 0.15) is 5.76 Å². The summed E-state index contributed by atoms with van der Waals surface area (Å²) >= 11 is 4.65. The first-order valence-corrected chi connectivity index (χ1v) is 13.5. The number of benzene rings is 3. The minimum absolute atomic E-state index is 0.0597. The number of phenolic OH excluding ortho intramolecular Hbond substituents is 1. The fourth-order valence-corrected chi connectivity index (χ4v) is 6.48. The number of anilines is 1. The number of carbonyl (C=O) groups is 2. The number of thiazole rings is 1. The zero-order chi connectivity index (χ0) is 27.5. The van der Waals surface area contributed by atoms with Crippen LogP contribution < -0.4 is 9.64 Å². The highest BCUT2D eigenvalue weighted by molar-refractivity contribution is 9.10. The van der Waals surface area contributed by atoms with Gasteiger partial charge in [-0.05, 0) is 90.1 Å². The molecule has 38 heavy (non-hydrogen) atoms. The molecule has 1 unspecified atom stereocenters. The van der Waals surface area contributed by atoms with E-state index in [9.17, 15) is 19.8 Å². The Morgan fingerprint density at radius 2 is 1.76 bits per heavy atom. The molecule has 1 aliphatic rings. The number of aromatic nitrogens is 1. The Labute approximate surface area is 232 Å². The highest BCUT2D eigenvalue weighted by Crippen LogP contribution is 2.47. The zero-order valence-electron chi connectivity index (χ0n) is 21.4. The smallest absolute Gasteiger partial charge is 0.301 e. The van der Waals surface area contributed by atoms with Crippen molar-refractivity contribution in [2.24, 2.45) is 0 Å². The van der Waals surface area contributed by atoms with E-state index in [2.05, 4.69) is 15.9 Å². The molecular weight excluding hydrogens is 568 g/mol. The van der Waals surface area contributed by atoms with E-state index >= 15 is 0 Å². The number of hydrogen-bond donors (Lipinski definition) is 2. The van der Waals surface area contributed by atoms with Gasteiger partial charge in [0.25, 0.3) is 5.78 Å². The summed E-state index contributed by atoms with van der Waals surface area (Å²) in [4.78, 5) is 33.3. The van der Waals surface area contributed by atoms with E-state index in [-0.39, 0.29) is 22.8 Å². The number of aryl methyl sites for hydroxylation is 4. The molecule has 1 saturated heterocycles. The van der Waals surface area contributed by atoms with Crippen molar-refractivity contribution in [3.8, 4) is 11.5 Å². The third-order valence-corrected chi connectivity index (χ3v) is 8.31. The molecule has 1 atom stereocenters. The lowest BCUT2D eigenvalue weighted by atomic mass is 9.93. The van der Waals surface area contributed by atoms with Crippen molar-refractivity contribution >= 4 is 60.1 Å². The van der Waals surface area contributed by atoms with Gasteiger partial charge in [0.05, 0.1) is 33.4 Å². The lowest BCUT2D eigenvalue weighted by Gasteiger charge is -2.24. The molecule has 2 N–H and O–H groups in total. The van der Waals surface area contributed by atoms with E-state index < -0.39 is 17.7 Å². The van der Waals surface area contributed by atoms with Gasteiger partial charge in [-0.15, -0.1) is 0 Å². The lowest BCUT2D eigenvalue weighted by molar-refractivity contribution is -0.132. The Balaban J connectivity index is 1.81. The number of aromatic hydroxyl groups is 1. The molecule has 194 valence electrons. The Kier molecular flexibility index (Phi) is 6.53. The number of ether oxygens (including phenoxy) is 1. The van der Waals surface area contributed by atoms with E-state index in [0.717, 1.165) is 32.5 Å². The predicted octanol–water partition coefficient (Wildman–Crippen LogP) is 6.63. The third-order valence-electron chi connectivity index (χ3n) is 6.70. The summed E-state index contributed by atoms with van der Waals surface area (Å²) in [5.41, 5.74) is 5.29. The van der Waals surface area contributed by atoms with Gasteiger partial charge in [-0.25, -0.2) is 4.98 Å². The van der Waals surface area contributed by atoms with Gasteiger partial charge in [-0.1, -0.05) is 35.1 Å². The van der Waals surface area contributed by atoms with Crippen LogP contribution in [0.1, 0.15) is 39.4 Å². The standard InChI is InChI=1S/C29H25BrN2O5S/c1-13-6-7-15(3)18(9-13)25(33)22-24(17-11-19(30)26(34)20(12-17)37-5)32(28(36)27(22)35)29-31-23-16(4)8-14(2)10-21(23)38-29/h6-12,24,33-34H,1-5H3. The van der Waals surface area contributed by atoms with Gasteiger partial charge in [0.2, 0.25) is 0 Å². The number of methoxy groups -OCH3 is 1. The van der Waals surface area contributed by atoms with E-state index in [1.807, 2.05) is 52.0 Å². The first-order chi connectivity index (χ1) is 18.0. The Bertz CT molecular complexity index is 1690. The van der Waals surface area contributed by atoms with Gasteiger partial charge >= 0.3 is 5.91 Å². The van der Waals surface area contributed by atoms with E-state index in [4.69, 9.17) is 9.72 Å². The first kappa shape index (κ1) is 25.9. The minimum Gasteiger partial charge on any atom is -0.507 e. The van der Waals surface area contributed by atoms with Crippen LogP contribution in [-0.4, -0.2) is 34.0 Å². The summed E-state index contributed by atoms with van der Waals surface area (Å²) in [6.45, 7) is 7.66. The molecule has 9 heteroatoms. The van der Waals surface area contributed by atoms with Crippen LogP contribution in [0, 0.1) is 27.7 Å². The molecule has 0 spiro atoms. The quantitative estimate of drug-likeness (QED) is 0.157. The second kappa shape index (κ2) is 9.56. The number of Topliss-reactive ketones (excluding diaryl/α,β-unsaturated/α-hetero) is 1. The normalized spacial score (nSPS) is 17.0. The van der Waals surface area contributed by atoms with Crippen LogP contribution in [0.15, 0.2) is 52.5 Å². The maximum Gasteiger partial charge on any atom is 0.301 e. The fraction of sp³-hybridized carbons (Fsp3) is 0.207. The average molecular weight is 593 g/mol. The summed E-state index contributed by atoms with van der Waals surface area (Å²) in [6, 6.07) is 11.7. The van der Waals surface area contributed by atoms with Crippen LogP contribution in [-0.2, 0) is 9.59 Å². The number of aliphatic hydroxyl groups is 1. The van der Waals surface area contributed by atoms with Crippen molar-refractivity contribution < 1.29 is 24.5 Å². The molecule has 7 nitrogen and oxygen atoms in total. The molecule has 0 saturated carbocycles. The van der Waals surface area contributed by atoms with Crippen molar-refractivity contribution in [2.75, 3.05) is 12.0 Å². The van der Waals surface area contributed by atoms with Crippen LogP contribution >= 0.6 is 27.3 Å². The second-order valence-corrected chi connectivity index (χ2v) is 11.3. The van der Waals surface area contributed by atoms with Crippen LogP contribution in [0.25, 0.3) is 16.0 Å². The number of phenols is 1. The summed E-state index contributed by atoms with van der Waals surface area (Å²) in [5, 5.41) is 22.3. The highest BCUT2D eigenvalue weighted by Gasteiger charge is 2.48. The monoisotopic (exact) mass is 592 g/mol. The van der Waals surface area contributed by atoms with Crippen molar-refractivity contribution in [1.29, 1.82) is 0 Å². The number of fused-ring (bicyclic) bond motifs is 1. The van der Waals surface area contributed by atoms with Crippen LogP contribution in [0.4, 0.5) is 5.13 Å². The number of aliphatic hydroxyl groups excluding tert-OH is 1. The molecule has 4 aromatic rings. The van der Waals surface area contributed by atoms with Crippen molar-refractivity contribution in [3.05, 3.63) is 85.9 Å². The molecule has 1 amide bonds. The third kappa shape index (κ3) is 4.16. The van der Waals surface area contributed by atoms with E-state index in [1.165, 1.54) is 23.3 Å². The summed E-state index contributed by atoms with van der Waals surface area (Å²) in [7, 11) is 1.41. The van der Waals surface area contributed by atoms with E-state index in [1.54, 1.807) is 18.2 Å². The number of hydrogen-bond acceptors (Lipinski definition) is 7. The average Bonchev–Trinajstić information content (AvgIpc) is 3.40. The van der Waals surface area contributed by atoms with Gasteiger partial charge in [0.15, 0.2) is 16.6 Å². The molecule has 1 fully saturated rings. The number of amides is 1. The minimum atomic E-state index is -1.01. The molecule has 1 aromatic heterocycles. The lowest BCUT2D eigenvalue weighted by Crippen LogP contribution is -2.29. The fourth-order valence-electron chi connectivity index (χ4n) is 4.85. The van der Waals surface area contributed by atoms with Gasteiger partial charge < -0.3 is 14.9 Å². The van der Waals surface area contributed by atoms with Gasteiger partial charge in [-0.3, -0.25) is 14.5 Å². The molecule has 0 radical (unpaired) electrons. The maximum atomic E-state index is 13.6. The molecule has 0 bridgehead atoms. The van der Waals surface area contributed by atoms with E-state index in [0.29, 0.717) is 20.7 Å². The SMILES string of the molecule is COc1cc(C2C(=C(O)c3cc(C)ccc3C)C(=O)C(=O)N2c2nc3c(C)cc(C)cc3s2)cc(Br)c1O. The molecular formula is C29H25BrN2O5S. The van der Waals surface area contributed by atoms with Crippen LogP contribution in [0.2, 0.25) is 0 Å². The van der Waals surface area contributed by atoms with Crippen molar-refractivity contribution in [2.45, 2.75) is 33.7 Å². The summed E-state index contributed by atoms with van der Waals surface area (Å²) < 4.78 is 6.56. The number of nitrogens with zero attached hydrogens (tertiary/aromatic N) is 2. The predicted molar refractivity (Wildman–Crippen MR) is 152 cm³/mol. The summed E-state index contributed by atoms with van der Waals surface area (Å²) in [5.74, 6) is -1.84. The molecule has 5 rings (SSSR count). The molecule has 2 heterocycles.